The third-order valence-corrected chi connectivity index (χ3v) is 4.51. The summed E-state index contributed by atoms with van der Waals surface area (Å²) in [5.74, 6) is -3.45. The Morgan fingerprint density at radius 3 is 2.26 bits per heavy atom. The van der Waals surface area contributed by atoms with E-state index in [1.165, 1.54) is 25.8 Å². The molecule has 0 aromatic heterocycles. The van der Waals surface area contributed by atoms with Gasteiger partial charge >= 0.3 is 11.9 Å². The number of likely N-dealkylation sites (tertiary alicyclic amines) is 1. The third-order valence-electron chi connectivity index (χ3n) is 4.51. The zero-order chi connectivity index (χ0) is 20.2. The number of hydrogen-bond donors (Lipinski definition) is 2. The summed E-state index contributed by atoms with van der Waals surface area (Å²) >= 11 is 0. The Labute approximate surface area is 159 Å². The summed E-state index contributed by atoms with van der Waals surface area (Å²) < 4.78 is 5.77. The van der Waals surface area contributed by atoms with Crippen LogP contribution < -0.4 is 0 Å². The van der Waals surface area contributed by atoms with Crippen molar-refractivity contribution in [2.24, 2.45) is 0 Å². The second kappa shape index (κ2) is 12.2. The van der Waals surface area contributed by atoms with Crippen LogP contribution >= 0.6 is 0 Å². The summed E-state index contributed by atoms with van der Waals surface area (Å²) in [7, 11) is 0. The fraction of sp³-hybridized carbons (Fsp3) is 0.550. The lowest BCUT2D eigenvalue weighted by Gasteiger charge is -2.33. The molecule has 1 aromatic rings. The molecule has 1 atom stereocenters. The molecule has 1 aliphatic rings. The standard InChI is InChI=1S/C18H27NO2.C2H2O4/c1-3-18(20)17-9-7-16(8-10-17)14-21-13-12-19-11-5-4-6-15(19)2;3-1(4)2(5)6/h7-10,15H,3-6,11-14H2,1-2H3;(H,3,4)(H,5,6). The van der Waals surface area contributed by atoms with Gasteiger partial charge in [0.1, 0.15) is 0 Å². The molecule has 1 aliphatic heterocycles. The average molecular weight is 379 g/mol. The van der Waals surface area contributed by atoms with E-state index in [0.717, 1.165) is 24.3 Å². The van der Waals surface area contributed by atoms with E-state index >= 15 is 0 Å². The quantitative estimate of drug-likeness (QED) is 0.426. The van der Waals surface area contributed by atoms with Crippen LogP contribution in [-0.2, 0) is 20.9 Å². The van der Waals surface area contributed by atoms with Gasteiger partial charge < -0.3 is 14.9 Å². The molecule has 27 heavy (non-hydrogen) atoms. The molecule has 0 bridgehead atoms. The highest BCUT2D eigenvalue weighted by Gasteiger charge is 2.17. The minimum atomic E-state index is -1.82. The van der Waals surface area contributed by atoms with E-state index in [1.54, 1.807) is 0 Å². The summed E-state index contributed by atoms with van der Waals surface area (Å²) in [5.41, 5.74) is 1.93. The molecule has 0 aliphatic carbocycles. The molecule has 0 radical (unpaired) electrons. The highest BCUT2D eigenvalue weighted by molar-refractivity contribution is 6.27. The Kier molecular flexibility index (Phi) is 10.3. The number of carboxylic acid groups (broad SMARTS) is 2. The van der Waals surface area contributed by atoms with E-state index in [1.807, 2.05) is 31.2 Å². The first kappa shape index (κ1) is 22.8. The lowest BCUT2D eigenvalue weighted by molar-refractivity contribution is -0.159. The molecule has 150 valence electrons. The first-order valence-electron chi connectivity index (χ1n) is 9.25. The number of Topliss-reactive ketones (excluding diaryl/α,β-unsaturated/α-hetero) is 1. The van der Waals surface area contributed by atoms with Crippen molar-refractivity contribution >= 4 is 17.7 Å². The Balaban J connectivity index is 0.000000527. The molecule has 0 saturated carbocycles. The number of carbonyl (C=O) groups excluding carboxylic acids is 1. The summed E-state index contributed by atoms with van der Waals surface area (Å²) in [4.78, 5) is 32.3. The summed E-state index contributed by atoms with van der Waals surface area (Å²) in [5, 5.41) is 14.8. The smallest absolute Gasteiger partial charge is 0.414 e. The number of ketones is 1. The summed E-state index contributed by atoms with van der Waals surface area (Å²) in [6.45, 7) is 7.83. The van der Waals surface area contributed by atoms with Crippen molar-refractivity contribution in [1.29, 1.82) is 0 Å². The van der Waals surface area contributed by atoms with E-state index in [-0.39, 0.29) is 5.78 Å². The lowest BCUT2D eigenvalue weighted by Crippen LogP contribution is -2.39. The number of carbonyl (C=O) groups is 3. The molecular weight excluding hydrogens is 350 g/mol. The number of hydrogen-bond acceptors (Lipinski definition) is 5. The van der Waals surface area contributed by atoms with Gasteiger partial charge in [-0.25, -0.2) is 9.59 Å². The molecule has 1 fully saturated rings. The Morgan fingerprint density at radius 1 is 1.11 bits per heavy atom. The van der Waals surface area contributed by atoms with Gasteiger partial charge in [0, 0.05) is 24.6 Å². The zero-order valence-corrected chi connectivity index (χ0v) is 16.0. The van der Waals surface area contributed by atoms with Gasteiger partial charge in [-0.3, -0.25) is 9.69 Å². The van der Waals surface area contributed by atoms with Crippen molar-refractivity contribution in [3.63, 3.8) is 0 Å². The molecule has 7 nitrogen and oxygen atoms in total. The predicted octanol–water partition coefficient (Wildman–Crippen LogP) is 2.83. The van der Waals surface area contributed by atoms with Crippen LogP contribution in [0, 0.1) is 0 Å². The first-order valence-corrected chi connectivity index (χ1v) is 9.25. The van der Waals surface area contributed by atoms with Crippen LogP contribution in [-0.4, -0.2) is 58.6 Å². The van der Waals surface area contributed by atoms with Gasteiger partial charge in [0.05, 0.1) is 13.2 Å². The maximum absolute atomic E-state index is 11.6. The van der Waals surface area contributed by atoms with Crippen molar-refractivity contribution in [3.05, 3.63) is 35.4 Å². The highest BCUT2D eigenvalue weighted by atomic mass is 16.5. The van der Waals surface area contributed by atoms with E-state index in [4.69, 9.17) is 24.5 Å². The van der Waals surface area contributed by atoms with Crippen LogP contribution in [0.2, 0.25) is 0 Å². The fourth-order valence-electron chi connectivity index (χ4n) is 2.85. The lowest BCUT2D eigenvalue weighted by atomic mass is 10.0. The van der Waals surface area contributed by atoms with Gasteiger partial charge in [-0.1, -0.05) is 37.6 Å². The Morgan fingerprint density at radius 2 is 1.74 bits per heavy atom. The molecule has 1 aromatic carbocycles. The van der Waals surface area contributed by atoms with Gasteiger partial charge in [-0.15, -0.1) is 0 Å². The molecule has 2 N–H and O–H groups in total. The van der Waals surface area contributed by atoms with Gasteiger partial charge in [0.2, 0.25) is 0 Å². The van der Waals surface area contributed by atoms with E-state index in [9.17, 15) is 4.79 Å². The van der Waals surface area contributed by atoms with Crippen molar-refractivity contribution in [3.8, 4) is 0 Å². The SMILES string of the molecule is CCC(=O)c1ccc(COCCN2CCCCC2C)cc1.O=C(O)C(=O)O. The van der Waals surface area contributed by atoms with Crippen LogP contribution in [0.4, 0.5) is 0 Å². The van der Waals surface area contributed by atoms with Crippen LogP contribution in [0.5, 0.6) is 0 Å². The van der Waals surface area contributed by atoms with E-state index < -0.39 is 11.9 Å². The minimum Gasteiger partial charge on any atom is -0.473 e. The van der Waals surface area contributed by atoms with Gasteiger partial charge in [-0.2, -0.15) is 0 Å². The van der Waals surface area contributed by atoms with Crippen LogP contribution in [0.3, 0.4) is 0 Å². The summed E-state index contributed by atoms with van der Waals surface area (Å²) in [6, 6.07) is 8.48. The molecule has 0 amide bonds. The van der Waals surface area contributed by atoms with Crippen molar-refractivity contribution in [1.82, 2.24) is 4.90 Å². The largest absolute Gasteiger partial charge is 0.473 e. The first-order chi connectivity index (χ1) is 12.8. The van der Waals surface area contributed by atoms with Gasteiger partial charge in [-0.05, 0) is 31.9 Å². The highest BCUT2D eigenvalue weighted by Crippen LogP contribution is 2.15. The number of benzene rings is 1. The van der Waals surface area contributed by atoms with Crippen molar-refractivity contribution in [2.75, 3.05) is 19.7 Å². The molecule has 0 spiro atoms. The van der Waals surface area contributed by atoms with E-state index in [0.29, 0.717) is 19.1 Å². The van der Waals surface area contributed by atoms with Crippen molar-refractivity contribution < 1.29 is 29.3 Å². The fourth-order valence-corrected chi connectivity index (χ4v) is 2.85. The van der Waals surface area contributed by atoms with Gasteiger partial charge in [0.25, 0.3) is 0 Å². The van der Waals surface area contributed by atoms with Crippen LogP contribution in [0.25, 0.3) is 0 Å². The number of carboxylic acids is 2. The van der Waals surface area contributed by atoms with E-state index in [2.05, 4.69) is 11.8 Å². The molecule has 1 unspecified atom stereocenters. The maximum atomic E-state index is 11.6. The minimum absolute atomic E-state index is 0.196. The van der Waals surface area contributed by atoms with Gasteiger partial charge in [0.15, 0.2) is 5.78 Å². The maximum Gasteiger partial charge on any atom is 0.414 e. The second-order valence-electron chi connectivity index (χ2n) is 6.52. The zero-order valence-electron chi connectivity index (χ0n) is 16.0. The number of aliphatic carboxylic acids is 2. The third kappa shape index (κ3) is 8.79. The number of rotatable bonds is 7. The summed E-state index contributed by atoms with van der Waals surface area (Å²) in [6.07, 6.45) is 4.55. The molecule has 1 heterocycles. The topological polar surface area (TPSA) is 104 Å². The van der Waals surface area contributed by atoms with Crippen LogP contribution in [0.1, 0.15) is 55.5 Å². The molecule has 7 heteroatoms. The molecule has 2 rings (SSSR count). The number of ether oxygens (including phenoxy) is 1. The van der Waals surface area contributed by atoms with Crippen molar-refractivity contribution in [2.45, 2.75) is 52.2 Å². The number of nitrogens with zero attached hydrogens (tertiary/aromatic N) is 1. The number of piperidine rings is 1. The second-order valence-corrected chi connectivity index (χ2v) is 6.52. The Bertz CT molecular complexity index is 601. The molecule has 1 saturated heterocycles. The Hall–Kier alpha value is -2.25. The van der Waals surface area contributed by atoms with Crippen LogP contribution in [0.15, 0.2) is 24.3 Å². The predicted molar refractivity (Wildman–Crippen MR) is 101 cm³/mol. The normalized spacial score (nSPS) is 16.9. The monoisotopic (exact) mass is 379 g/mol. The molecular formula is C20H29NO6. The average Bonchev–Trinajstić information content (AvgIpc) is 2.66.